The van der Waals surface area contributed by atoms with E-state index < -0.39 is 25.2 Å². The first-order valence-electron chi connectivity index (χ1n) is 8.47. The fourth-order valence-corrected chi connectivity index (χ4v) is 4.24. The minimum absolute atomic E-state index is 0.0178. The van der Waals surface area contributed by atoms with Crippen molar-refractivity contribution in [2.75, 3.05) is 13.2 Å². The minimum atomic E-state index is -1.27. The summed E-state index contributed by atoms with van der Waals surface area (Å²) in [7, 11) is 0. The second-order valence-corrected chi connectivity index (χ2v) is 7.50. The van der Waals surface area contributed by atoms with Gasteiger partial charge in [0, 0.05) is 23.8 Å². The van der Waals surface area contributed by atoms with Gasteiger partial charge in [-0.15, -0.1) is 12.3 Å². The average Bonchev–Trinajstić information content (AvgIpc) is 2.95. The van der Waals surface area contributed by atoms with Crippen molar-refractivity contribution in [1.82, 2.24) is 0 Å². The van der Waals surface area contributed by atoms with E-state index >= 15 is 0 Å². The van der Waals surface area contributed by atoms with Gasteiger partial charge in [-0.1, -0.05) is 23.2 Å². The van der Waals surface area contributed by atoms with E-state index in [-0.39, 0.29) is 27.0 Å². The molecule has 0 heterocycles. The second-order valence-electron chi connectivity index (χ2n) is 6.74. The zero-order valence-corrected chi connectivity index (χ0v) is 16.2. The summed E-state index contributed by atoms with van der Waals surface area (Å²) in [4.78, 5) is 34.0. The standard InChI is InChI=1S/C20H16Cl2O6/c1-2-4-20-5-3-12(23)7-13(20)17-11(8-20)6-14(18(21)19(17)22)27-10-16(26)28-9-15(24)25/h1,6-7H,3-5,8-10H2,(H,24,25). The minimum Gasteiger partial charge on any atom is -0.480 e. The van der Waals surface area contributed by atoms with E-state index in [9.17, 15) is 14.4 Å². The first-order chi connectivity index (χ1) is 13.3. The molecule has 1 aromatic carbocycles. The molecule has 0 saturated heterocycles. The van der Waals surface area contributed by atoms with Gasteiger partial charge in [0.05, 0.1) is 5.02 Å². The van der Waals surface area contributed by atoms with Crippen molar-refractivity contribution in [1.29, 1.82) is 0 Å². The number of hydrogen-bond acceptors (Lipinski definition) is 5. The Labute approximate surface area is 171 Å². The largest absolute Gasteiger partial charge is 0.480 e. The summed E-state index contributed by atoms with van der Waals surface area (Å²) in [6.45, 7) is -1.27. The van der Waals surface area contributed by atoms with Crippen LogP contribution in [0.25, 0.3) is 5.57 Å². The SMILES string of the molecule is C#CCC12CCC(=O)C=C1c1c(cc(OCC(=O)OCC(=O)O)c(Cl)c1Cl)C2. The summed E-state index contributed by atoms with van der Waals surface area (Å²) in [6, 6.07) is 1.68. The number of ether oxygens (including phenoxy) is 2. The molecule has 0 fully saturated rings. The number of carbonyl (C=O) groups is 3. The summed E-state index contributed by atoms with van der Waals surface area (Å²) in [5, 5.41) is 8.85. The summed E-state index contributed by atoms with van der Waals surface area (Å²) in [5.74, 6) is 0.776. The van der Waals surface area contributed by atoms with Crippen molar-refractivity contribution in [3.05, 3.63) is 33.3 Å². The van der Waals surface area contributed by atoms with Gasteiger partial charge in [0.1, 0.15) is 10.8 Å². The maximum absolute atomic E-state index is 12.0. The van der Waals surface area contributed by atoms with E-state index in [0.717, 1.165) is 11.1 Å². The molecule has 1 unspecified atom stereocenters. The Hall–Kier alpha value is -2.49. The lowest BCUT2D eigenvalue weighted by Crippen LogP contribution is -2.25. The van der Waals surface area contributed by atoms with Gasteiger partial charge in [0.15, 0.2) is 19.0 Å². The van der Waals surface area contributed by atoms with Crippen LogP contribution in [0.1, 0.15) is 30.4 Å². The Balaban J connectivity index is 1.90. The summed E-state index contributed by atoms with van der Waals surface area (Å²) in [6.07, 6.45) is 9.26. The molecule has 146 valence electrons. The highest BCUT2D eigenvalue weighted by Gasteiger charge is 2.45. The molecule has 6 nitrogen and oxygen atoms in total. The highest BCUT2D eigenvalue weighted by molar-refractivity contribution is 6.44. The van der Waals surface area contributed by atoms with Crippen LogP contribution >= 0.6 is 23.2 Å². The first kappa shape index (κ1) is 20.2. The number of carboxylic acid groups (broad SMARTS) is 1. The summed E-state index contributed by atoms with van der Waals surface area (Å²) in [5.41, 5.74) is 1.96. The maximum atomic E-state index is 12.0. The number of carboxylic acids is 1. The topological polar surface area (TPSA) is 89.9 Å². The van der Waals surface area contributed by atoms with E-state index in [2.05, 4.69) is 10.7 Å². The number of fused-ring (bicyclic) bond motifs is 3. The van der Waals surface area contributed by atoms with Crippen LogP contribution in [0.3, 0.4) is 0 Å². The molecule has 0 spiro atoms. The summed E-state index contributed by atoms with van der Waals surface area (Å²) >= 11 is 12.8. The van der Waals surface area contributed by atoms with Crippen molar-refractivity contribution in [2.45, 2.75) is 25.7 Å². The molecule has 0 radical (unpaired) electrons. The zero-order chi connectivity index (χ0) is 20.5. The number of allylic oxidation sites excluding steroid dienone is 2. The smallest absolute Gasteiger partial charge is 0.344 e. The molecule has 3 rings (SSSR count). The average molecular weight is 423 g/mol. The van der Waals surface area contributed by atoms with Crippen LogP contribution in [0.5, 0.6) is 5.75 Å². The van der Waals surface area contributed by atoms with Gasteiger partial charge in [-0.2, -0.15) is 0 Å². The maximum Gasteiger partial charge on any atom is 0.344 e. The van der Waals surface area contributed by atoms with Crippen LogP contribution < -0.4 is 4.74 Å². The van der Waals surface area contributed by atoms with Crippen LogP contribution in [0.2, 0.25) is 10.0 Å². The van der Waals surface area contributed by atoms with E-state index in [1.165, 1.54) is 0 Å². The number of esters is 1. The third kappa shape index (κ3) is 3.73. The third-order valence-electron chi connectivity index (χ3n) is 4.92. The van der Waals surface area contributed by atoms with Crippen molar-refractivity contribution in [3.63, 3.8) is 0 Å². The van der Waals surface area contributed by atoms with Crippen LogP contribution in [-0.2, 0) is 25.5 Å². The predicted octanol–water partition coefficient (Wildman–Crippen LogP) is 3.31. The Bertz CT molecular complexity index is 943. The molecule has 1 atom stereocenters. The monoisotopic (exact) mass is 422 g/mol. The van der Waals surface area contributed by atoms with Gasteiger partial charge in [-0.05, 0) is 36.1 Å². The van der Waals surface area contributed by atoms with E-state index in [0.29, 0.717) is 31.2 Å². The van der Waals surface area contributed by atoms with Gasteiger partial charge in [0.25, 0.3) is 0 Å². The van der Waals surface area contributed by atoms with Crippen molar-refractivity contribution < 1.29 is 29.0 Å². The zero-order valence-electron chi connectivity index (χ0n) is 14.7. The number of ketones is 1. The lowest BCUT2D eigenvalue weighted by atomic mass is 9.70. The lowest BCUT2D eigenvalue weighted by molar-refractivity contribution is -0.156. The molecule has 2 aliphatic carbocycles. The quantitative estimate of drug-likeness (QED) is 0.558. The van der Waals surface area contributed by atoms with E-state index in [4.69, 9.17) is 39.5 Å². The first-order valence-corrected chi connectivity index (χ1v) is 9.23. The normalized spacial score (nSPS) is 19.9. The van der Waals surface area contributed by atoms with Crippen molar-refractivity contribution >= 4 is 46.5 Å². The van der Waals surface area contributed by atoms with Crippen LogP contribution in [0.4, 0.5) is 0 Å². The molecule has 0 saturated carbocycles. The molecule has 1 N–H and O–H groups in total. The predicted molar refractivity (Wildman–Crippen MR) is 102 cm³/mol. The Morgan fingerprint density at radius 3 is 2.71 bits per heavy atom. The van der Waals surface area contributed by atoms with Crippen LogP contribution in [-0.4, -0.2) is 36.0 Å². The van der Waals surface area contributed by atoms with Crippen molar-refractivity contribution in [3.8, 4) is 18.1 Å². The van der Waals surface area contributed by atoms with Gasteiger partial charge in [-0.3, -0.25) is 4.79 Å². The molecule has 1 aromatic rings. The Morgan fingerprint density at radius 1 is 1.29 bits per heavy atom. The molecule has 0 aromatic heterocycles. The third-order valence-corrected chi connectivity index (χ3v) is 5.77. The van der Waals surface area contributed by atoms with Crippen LogP contribution in [0, 0.1) is 17.8 Å². The molecule has 28 heavy (non-hydrogen) atoms. The Morgan fingerprint density at radius 2 is 2.04 bits per heavy atom. The number of hydrogen-bond donors (Lipinski definition) is 1. The van der Waals surface area contributed by atoms with Gasteiger partial charge in [-0.25, -0.2) is 9.59 Å². The number of carbonyl (C=O) groups excluding carboxylic acids is 2. The van der Waals surface area contributed by atoms with Gasteiger partial charge in [0.2, 0.25) is 0 Å². The van der Waals surface area contributed by atoms with E-state index in [1.807, 2.05) is 0 Å². The molecule has 2 aliphatic rings. The molecular weight excluding hydrogens is 407 g/mol. The van der Waals surface area contributed by atoms with Crippen molar-refractivity contribution in [2.24, 2.45) is 5.41 Å². The highest BCUT2D eigenvalue weighted by atomic mass is 35.5. The molecule has 0 bridgehead atoms. The molecule has 8 heteroatoms. The van der Waals surface area contributed by atoms with Crippen LogP contribution in [0.15, 0.2) is 12.1 Å². The fourth-order valence-electron chi connectivity index (χ4n) is 3.72. The Kier molecular flexibility index (Phi) is 5.69. The second kappa shape index (κ2) is 7.86. The molecular formula is C20H16Cl2O6. The molecule has 0 aliphatic heterocycles. The molecule has 0 amide bonds. The fraction of sp³-hybridized carbons (Fsp3) is 0.350. The van der Waals surface area contributed by atoms with Gasteiger partial charge >= 0.3 is 11.9 Å². The van der Waals surface area contributed by atoms with Gasteiger partial charge < -0.3 is 14.6 Å². The number of terminal acetylenes is 1. The summed E-state index contributed by atoms with van der Waals surface area (Å²) < 4.78 is 9.91. The highest BCUT2D eigenvalue weighted by Crippen LogP contribution is 2.57. The number of halogens is 2. The number of rotatable bonds is 6. The number of benzene rings is 1. The van der Waals surface area contributed by atoms with E-state index in [1.54, 1.807) is 12.1 Å². The number of aliphatic carboxylic acids is 1. The lowest BCUT2D eigenvalue weighted by Gasteiger charge is -2.32.